The molecule has 0 spiro atoms. The Balaban J connectivity index is 2.02. The first-order valence-electron chi connectivity index (χ1n) is 7.77. The summed E-state index contributed by atoms with van der Waals surface area (Å²) in [5.41, 5.74) is 1.11. The third kappa shape index (κ3) is 4.73. The lowest BCUT2D eigenvalue weighted by molar-refractivity contribution is -0.116. The van der Waals surface area contributed by atoms with Gasteiger partial charge in [-0.05, 0) is 0 Å². The molecule has 25 heavy (non-hydrogen) atoms. The molecule has 0 atom stereocenters. The molecule has 6 heteroatoms. The number of benzene rings is 2. The lowest BCUT2D eigenvalue weighted by atomic mass is 10.1. The van der Waals surface area contributed by atoms with E-state index in [0.717, 1.165) is 0 Å². The minimum absolute atomic E-state index is 0.0688. The van der Waals surface area contributed by atoms with Crippen molar-refractivity contribution in [1.29, 1.82) is 0 Å². The van der Waals surface area contributed by atoms with Gasteiger partial charge in [0, 0.05) is 36.2 Å². The fourth-order valence-electron chi connectivity index (χ4n) is 2.37. The van der Waals surface area contributed by atoms with Crippen molar-refractivity contribution in [2.24, 2.45) is 0 Å². The lowest BCUT2D eigenvalue weighted by Gasteiger charge is -2.14. The van der Waals surface area contributed by atoms with Gasteiger partial charge in [-0.15, -0.1) is 0 Å². The van der Waals surface area contributed by atoms with Crippen LogP contribution in [0.2, 0.25) is 0 Å². The maximum Gasteiger partial charge on any atom is 0.224 e. The molecule has 0 fully saturated rings. The number of ether oxygens (including phenoxy) is 3. The molecule has 0 heterocycles. The van der Waals surface area contributed by atoms with Crippen LogP contribution in [0.3, 0.4) is 0 Å². The highest BCUT2D eigenvalue weighted by atomic mass is 16.5. The molecular formula is C19H21NO5. The molecule has 2 aromatic carbocycles. The van der Waals surface area contributed by atoms with Crippen LogP contribution in [0, 0.1) is 0 Å². The van der Waals surface area contributed by atoms with E-state index in [4.69, 9.17) is 14.2 Å². The summed E-state index contributed by atoms with van der Waals surface area (Å²) in [6.45, 7) is 0. The highest BCUT2D eigenvalue weighted by Crippen LogP contribution is 2.39. The Morgan fingerprint density at radius 1 is 0.880 bits per heavy atom. The van der Waals surface area contributed by atoms with Gasteiger partial charge in [-0.3, -0.25) is 9.59 Å². The average Bonchev–Trinajstić information content (AvgIpc) is 2.65. The number of Topliss-reactive ketones (excluding diaryl/α,β-unsaturated/α-hetero) is 1. The second-order valence-corrected chi connectivity index (χ2v) is 5.25. The second-order valence-electron chi connectivity index (χ2n) is 5.25. The zero-order chi connectivity index (χ0) is 18.2. The predicted molar refractivity (Wildman–Crippen MR) is 94.7 cm³/mol. The Morgan fingerprint density at radius 3 is 2.00 bits per heavy atom. The molecule has 2 rings (SSSR count). The summed E-state index contributed by atoms with van der Waals surface area (Å²) in [5.74, 6) is 0.997. The highest BCUT2D eigenvalue weighted by Gasteiger charge is 2.15. The van der Waals surface area contributed by atoms with Gasteiger partial charge in [-0.25, -0.2) is 0 Å². The first-order valence-corrected chi connectivity index (χ1v) is 7.77. The van der Waals surface area contributed by atoms with Crippen molar-refractivity contribution in [1.82, 2.24) is 0 Å². The van der Waals surface area contributed by atoms with E-state index in [2.05, 4.69) is 5.32 Å². The highest BCUT2D eigenvalue weighted by molar-refractivity contribution is 6.00. The van der Waals surface area contributed by atoms with E-state index in [9.17, 15) is 9.59 Å². The van der Waals surface area contributed by atoms with Crippen LogP contribution >= 0.6 is 0 Å². The number of carbonyl (C=O) groups is 2. The molecule has 0 aromatic heterocycles. The molecule has 0 saturated heterocycles. The van der Waals surface area contributed by atoms with Crippen molar-refractivity contribution in [3.05, 3.63) is 48.0 Å². The molecule has 0 bridgehead atoms. The molecular weight excluding hydrogens is 322 g/mol. The maximum absolute atomic E-state index is 12.1. The average molecular weight is 343 g/mol. The van der Waals surface area contributed by atoms with E-state index in [-0.39, 0.29) is 24.5 Å². The summed E-state index contributed by atoms with van der Waals surface area (Å²) in [5, 5.41) is 2.74. The fourth-order valence-corrected chi connectivity index (χ4v) is 2.37. The lowest BCUT2D eigenvalue weighted by Crippen LogP contribution is -2.13. The van der Waals surface area contributed by atoms with Gasteiger partial charge in [0.25, 0.3) is 0 Å². The Morgan fingerprint density at radius 2 is 1.48 bits per heavy atom. The number of carbonyl (C=O) groups excluding carboxylic acids is 2. The van der Waals surface area contributed by atoms with E-state index >= 15 is 0 Å². The number of methoxy groups -OCH3 is 3. The molecule has 0 saturated carbocycles. The van der Waals surface area contributed by atoms with Gasteiger partial charge in [0.15, 0.2) is 17.3 Å². The summed E-state index contributed by atoms with van der Waals surface area (Å²) < 4.78 is 15.7. The molecule has 0 radical (unpaired) electrons. The summed E-state index contributed by atoms with van der Waals surface area (Å²) in [7, 11) is 4.51. The van der Waals surface area contributed by atoms with Gasteiger partial charge in [0.2, 0.25) is 11.7 Å². The zero-order valence-electron chi connectivity index (χ0n) is 14.5. The first-order chi connectivity index (χ1) is 12.1. The van der Waals surface area contributed by atoms with Crippen LogP contribution in [0.4, 0.5) is 5.69 Å². The number of hydrogen-bond acceptors (Lipinski definition) is 5. The van der Waals surface area contributed by atoms with Crippen LogP contribution < -0.4 is 19.5 Å². The van der Waals surface area contributed by atoms with Crippen LogP contribution in [0.25, 0.3) is 0 Å². The normalized spacial score (nSPS) is 10.0. The third-order valence-corrected chi connectivity index (χ3v) is 3.62. The van der Waals surface area contributed by atoms with E-state index in [0.29, 0.717) is 28.5 Å². The van der Waals surface area contributed by atoms with Gasteiger partial charge in [0.1, 0.15) is 0 Å². The Labute approximate surface area is 146 Å². The van der Waals surface area contributed by atoms with E-state index in [1.165, 1.54) is 21.3 Å². The van der Waals surface area contributed by atoms with Crippen molar-refractivity contribution >= 4 is 17.4 Å². The first kappa shape index (κ1) is 18.3. The Hall–Kier alpha value is -3.02. The van der Waals surface area contributed by atoms with Gasteiger partial charge >= 0.3 is 0 Å². The third-order valence-electron chi connectivity index (χ3n) is 3.62. The van der Waals surface area contributed by atoms with Crippen LogP contribution in [0.1, 0.15) is 23.2 Å². The molecule has 0 aliphatic carbocycles. The molecule has 0 aliphatic heterocycles. The zero-order valence-corrected chi connectivity index (χ0v) is 14.5. The standard InChI is InChI=1S/C19H21NO5/c1-23-16-11-14(12-17(24-2)19(16)25-3)20-18(22)10-9-15(21)13-7-5-4-6-8-13/h4-8,11-12H,9-10H2,1-3H3,(H,20,22). The SMILES string of the molecule is COc1cc(NC(=O)CCC(=O)c2ccccc2)cc(OC)c1OC. The molecule has 6 nitrogen and oxygen atoms in total. The van der Waals surface area contributed by atoms with Crippen molar-refractivity contribution in [2.75, 3.05) is 26.6 Å². The molecule has 0 aliphatic rings. The predicted octanol–water partition coefficient (Wildman–Crippen LogP) is 3.31. The number of ketones is 1. The van der Waals surface area contributed by atoms with Crippen LogP contribution in [0.5, 0.6) is 17.2 Å². The molecule has 1 N–H and O–H groups in total. The largest absolute Gasteiger partial charge is 0.493 e. The number of nitrogens with one attached hydrogen (secondary N) is 1. The number of anilines is 1. The molecule has 2 aromatic rings. The quantitative estimate of drug-likeness (QED) is 0.744. The summed E-state index contributed by atoms with van der Waals surface area (Å²) in [6, 6.07) is 12.2. The number of hydrogen-bond donors (Lipinski definition) is 1. The smallest absolute Gasteiger partial charge is 0.224 e. The van der Waals surface area contributed by atoms with Crippen molar-refractivity contribution < 1.29 is 23.8 Å². The molecule has 1 amide bonds. The maximum atomic E-state index is 12.1. The topological polar surface area (TPSA) is 73.9 Å². The van der Waals surface area contributed by atoms with Crippen LogP contribution in [-0.4, -0.2) is 33.0 Å². The van der Waals surface area contributed by atoms with Gasteiger partial charge in [-0.1, -0.05) is 30.3 Å². The van der Waals surface area contributed by atoms with Crippen LogP contribution in [-0.2, 0) is 4.79 Å². The molecule has 132 valence electrons. The molecule has 0 unspecified atom stereocenters. The monoisotopic (exact) mass is 343 g/mol. The van der Waals surface area contributed by atoms with E-state index < -0.39 is 0 Å². The summed E-state index contributed by atoms with van der Waals surface area (Å²) in [4.78, 5) is 24.2. The Kier molecular flexibility index (Phi) is 6.39. The Bertz CT molecular complexity index is 718. The summed E-state index contributed by atoms with van der Waals surface area (Å²) in [6.07, 6.45) is 0.227. The number of rotatable bonds is 8. The van der Waals surface area contributed by atoms with Crippen molar-refractivity contribution in [3.63, 3.8) is 0 Å². The van der Waals surface area contributed by atoms with Gasteiger partial charge < -0.3 is 19.5 Å². The van der Waals surface area contributed by atoms with E-state index in [1.807, 2.05) is 6.07 Å². The second kappa shape index (κ2) is 8.73. The minimum atomic E-state index is -0.265. The van der Waals surface area contributed by atoms with E-state index in [1.54, 1.807) is 36.4 Å². The minimum Gasteiger partial charge on any atom is -0.493 e. The van der Waals surface area contributed by atoms with Crippen molar-refractivity contribution in [2.45, 2.75) is 12.8 Å². The van der Waals surface area contributed by atoms with Gasteiger partial charge in [0.05, 0.1) is 21.3 Å². The van der Waals surface area contributed by atoms with Gasteiger partial charge in [-0.2, -0.15) is 0 Å². The number of amides is 1. The fraction of sp³-hybridized carbons (Fsp3) is 0.263. The van der Waals surface area contributed by atoms with Crippen molar-refractivity contribution in [3.8, 4) is 17.2 Å². The summed E-state index contributed by atoms with van der Waals surface area (Å²) >= 11 is 0. The van der Waals surface area contributed by atoms with Crippen LogP contribution in [0.15, 0.2) is 42.5 Å².